The molecule has 2 atom stereocenters. The van der Waals surface area contributed by atoms with Crippen LogP contribution in [0.25, 0.3) is 21.2 Å². The predicted molar refractivity (Wildman–Crippen MR) is 175 cm³/mol. The summed E-state index contributed by atoms with van der Waals surface area (Å²) in [5.74, 6) is 0.825. The molecule has 3 N–H and O–H groups in total. The monoisotopic (exact) mass is 651 g/mol. The number of thiophene rings is 1. The Bertz CT molecular complexity index is 1870. The molecule has 44 heavy (non-hydrogen) atoms. The normalized spacial score (nSPS) is 17.5. The summed E-state index contributed by atoms with van der Waals surface area (Å²) >= 11 is 1.79. The molecule has 3 aromatic carbocycles. The third-order valence-corrected chi connectivity index (χ3v) is 10.2. The molecule has 0 bridgehead atoms. The van der Waals surface area contributed by atoms with E-state index in [2.05, 4.69) is 50.9 Å². The Morgan fingerprint density at radius 2 is 1.39 bits per heavy atom. The molecule has 0 aliphatic carbocycles. The molecule has 0 spiro atoms. The molecule has 2 aliphatic rings. The topological polar surface area (TPSA) is 137 Å². The van der Waals surface area contributed by atoms with Gasteiger partial charge in [-0.3, -0.25) is 14.1 Å². The Hall–Kier alpha value is -3.65. The summed E-state index contributed by atoms with van der Waals surface area (Å²) in [5.41, 5.74) is 5.62. The molecular weight excluding hydrogens is 619 g/mol. The van der Waals surface area contributed by atoms with Crippen molar-refractivity contribution >= 4 is 47.3 Å². The van der Waals surface area contributed by atoms with Crippen LogP contribution in [0.2, 0.25) is 0 Å². The molecule has 0 saturated carbocycles. The number of anilines is 1. The fourth-order valence-electron chi connectivity index (χ4n) is 4.99. The number of pyridine rings is 1. The zero-order chi connectivity index (χ0) is 31.5. The van der Waals surface area contributed by atoms with Gasteiger partial charge in [-0.05, 0) is 78.7 Å². The molecule has 2 aliphatic heterocycles. The predicted octanol–water partition coefficient (Wildman–Crippen LogP) is 5.85. The number of hydrogen-bond donors (Lipinski definition) is 3. The van der Waals surface area contributed by atoms with Crippen molar-refractivity contribution in [2.24, 2.45) is 5.92 Å². The second-order valence-corrected chi connectivity index (χ2v) is 14.7. The van der Waals surface area contributed by atoms with Gasteiger partial charge in [-0.1, -0.05) is 41.5 Å². The van der Waals surface area contributed by atoms with Gasteiger partial charge in [0.1, 0.15) is 0 Å². The van der Waals surface area contributed by atoms with E-state index in [1.54, 1.807) is 35.6 Å². The van der Waals surface area contributed by atoms with Crippen molar-refractivity contribution in [1.82, 2.24) is 10.3 Å². The second kappa shape index (κ2) is 13.1. The van der Waals surface area contributed by atoms with Crippen LogP contribution in [0.1, 0.15) is 11.1 Å². The Morgan fingerprint density at radius 3 is 1.89 bits per heavy atom. The van der Waals surface area contributed by atoms with Crippen molar-refractivity contribution in [2.45, 2.75) is 29.7 Å². The number of nitrogens with zero attached hydrogens (tertiary/aromatic N) is 2. The summed E-state index contributed by atoms with van der Waals surface area (Å²) in [7, 11) is -8.04. The van der Waals surface area contributed by atoms with Crippen molar-refractivity contribution in [1.29, 1.82) is 0 Å². The zero-order valence-corrected chi connectivity index (χ0v) is 26.6. The SMILES string of the molecule is Cc1ccc(S(=O)(=O)O)cc1.Cc1ccc(S(=O)(=O)O)cc1.c1cc2cc(-c3cncc(N4C[C@@H]5CN[C@@H]5C4)c3)ccc2s1. The van der Waals surface area contributed by atoms with Crippen LogP contribution in [-0.2, 0) is 20.2 Å². The lowest BCUT2D eigenvalue weighted by atomic mass is 9.96. The molecule has 230 valence electrons. The van der Waals surface area contributed by atoms with Crippen LogP contribution in [0.15, 0.2) is 106 Å². The minimum Gasteiger partial charge on any atom is -0.368 e. The lowest BCUT2D eigenvalue weighted by Crippen LogP contribution is -2.51. The van der Waals surface area contributed by atoms with E-state index in [0.29, 0.717) is 6.04 Å². The second-order valence-electron chi connectivity index (χ2n) is 10.9. The van der Waals surface area contributed by atoms with E-state index in [4.69, 9.17) is 9.11 Å². The summed E-state index contributed by atoms with van der Waals surface area (Å²) in [6, 6.07) is 23.8. The highest BCUT2D eigenvalue weighted by Crippen LogP contribution is 2.32. The van der Waals surface area contributed by atoms with Crippen LogP contribution in [-0.4, -0.2) is 56.6 Å². The number of hydrogen-bond acceptors (Lipinski definition) is 8. The first-order valence-electron chi connectivity index (χ1n) is 13.9. The fraction of sp³-hybridized carbons (Fsp3) is 0.219. The average molecular weight is 652 g/mol. The van der Waals surface area contributed by atoms with E-state index >= 15 is 0 Å². The summed E-state index contributed by atoms with van der Waals surface area (Å²) in [5, 5.41) is 6.97. The highest BCUT2D eigenvalue weighted by Gasteiger charge is 2.39. The van der Waals surface area contributed by atoms with Crippen LogP contribution in [0.4, 0.5) is 5.69 Å². The summed E-state index contributed by atoms with van der Waals surface area (Å²) in [6.45, 7) is 7.12. The lowest BCUT2D eigenvalue weighted by Gasteiger charge is -2.29. The van der Waals surface area contributed by atoms with E-state index in [1.165, 1.54) is 57.7 Å². The van der Waals surface area contributed by atoms with E-state index in [9.17, 15) is 16.8 Å². The Morgan fingerprint density at radius 1 is 0.773 bits per heavy atom. The lowest BCUT2D eigenvalue weighted by molar-refractivity contribution is 0.297. The van der Waals surface area contributed by atoms with E-state index in [0.717, 1.165) is 30.1 Å². The van der Waals surface area contributed by atoms with Crippen LogP contribution in [0.3, 0.4) is 0 Å². The van der Waals surface area contributed by atoms with Gasteiger partial charge >= 0.3 is 0 Å². The number of nitrogens with one attached hydrogen (secondary N) is 1. The molecule has 12 heteroatoms. The third-order valence-electron chi connectivity index (χ3n) is 7.60. The highest BCUT2D eigenvalue weighted by atomic mass is 32.2. The van der Waals surface area contributed by atoms with Crippen LogP contribution in [0.5, 0.6) is 0 Å². The molecule has 7 rings (SSSR count). The average Bonchev–Trinajstić information content (AvgIpc) is 3.56. The van der Waals surface area contributed by atoms with Crippen molar-refractivity contribution in [3.63, 3.8) is 0 Å². The first kappa shape index (κ1) is 31.8. The van der Waals surface area contributed by atoms with E-state index in [-0.39, 0.29) is 9.79 Å². The van der Waals surface area contributed by atoms with Crippen LogP contribution >= 0.6 is 11.3 Å². The highest BCUT2D eigenvalue weighted by molar-refractivity contribution is 7.86. The number of aryl methyl sites for hydroxylation is 2. The van der Waals surface area contributed by atoms with Gasteiger partial charge in [-0.25, -0.2) is 0 Å². The van der Waals surface area contributed by atoms with E-state index < -0.39 is 20.2 Å². The summed E-state index contributed by atoms with van der Waals surface area (Å²) in [4.78, 5) is 6.82. The van der Waals surface area contributed by atoms with Gasteiger partial charge in [-0.15, -0.1) is 11.3 Å². The molecule has 2 saturated heterocycles. The maximum absolute atomic E-state index is 10.5. The van der Waals surface area contributed by atoms with Gasteiger partial charge in [0, 0.05) is 48.1 Å². The van der Waals surface area contributed by atoms with Crippen LogP contribution in [0, 0.1) is 19.8 Å². The molecule has 0 radical (unpaired) electrons. The molecule has 2 fully saturated rings. The smallest absolute Gasteiger partial charge is 0.294 e. The number of rotatable bonds is 4. The van der Waals surface area contributed by atoms with Gasteiger partial charge in [-0.2, -0.15) is 16.8 Å². The minimum absolute atomic E-state index is 0.0666. The van der Waals surface area contributed by atoms with Gasteiger partial charge in [0.15, 0.2) is 0 Å². The molecule has 0 amide bonds. The molecule has 0 unspecified atom stereocenters. The third kappa shape index (κ3) is 7.89. The number of fused-ring (bicyclic) bond motifs is 2. The van der Waals surface area contributed by atoms with Crippen molar-refractivity contribution < 1.29 is 25.9 Å². The van der Waals surface area contributed by atoms with Crippen molar-refractivity contribution in [3.05, 3.63) is 108 Å². The van der Waals surface area contributed by atoms with Gasteiger partial charge in [0.25, 0.3) is 20.2 Å². The van der Waals surface area contributed by atoms with Gasteiger partial charge < -0.3 is 10.2 Å². The first-order valence-corrected chi connectivity index (χ1v) is 17.6. The summed E-state index contributed by atoms with van der Waals surface area (Å²) < 4.78 is 60.4. The maximum atomic E-state index is 10.5. The number of aromatic nitrogens is 1. The quantitative estimate of drug-likeness (QED) is 0.204. The standard InChI is InChI=1S/C18H17N3S.2C7H8O3S/c1-2-18-13(3-4-22-18)5-12(1)14-6-16(9-19-7-14)21-10-15-8-20-17(15)11-21;2*1-6-2-4-7(5-3-6)11(8,9)10/h1-7,9,15,17,20H,8,10-11H2;2*2-5H,1H3,(H,8,9,10)/t15-,17+;;/m0../s1. The fourth-order valence-corrected chi connectivity index (χ4v) is 6.72. The van der Waals surface area contributed by atoms with E-state index in [1.807, 2.05) is 26.2 Å². The molecule has 9 nitrogen and oxygen atoms in total. The molecule has 5 aromatic rings. The van der Waals surface area contributed by atoms with Gasteiger partial charge in [0.05, 0.1) is 21.7 Å². The first-order chi connectivity index (χ1) is 20.9. The molecule has 2 aromatic heterocycles. The Labute approximate surface area is 261 Å². The Kier molecular flexibility index (Phi) is 9.49. The minimum atomic E-state index is -4.02. The molecular formula is C32H33N3O6S3. The van der Waals surface area contributed by atoms with Crippen molar-refractivity contribution in [2.75, 3.05) is 24.5 Å². The zero-order valence-electron chi connectivity index (χ0n) is 24.2. The molecule has 4 heterocycles. The maximum Gasteiger partial charge on any atom is 0.294 e. The largest absolute Gasteiger partial charge is 0.368 e. The van der Waals surface area contributed by atoms with Crippen LogP contribution < -0.4 is 10.2 Å². The number of benzene rings is 3. The Balaban J connectivity index is 0.000000148. The van der Waals surface area contributed by atoms with Crippen molar-refractivity contribution in [3.8, 4) is 11.1 Å². The summed E-state index contributed by atoms with van der Waals surface area (Å²) in [6.07, 6.45) is 3.97. The van der Waals surface area contributed by atoms with Gasteiger partial charge in [0.2, 0.25) is 0 Å².